The zero-order chi connectivity index (χ0) is 13.2. The number of anilines is 1. The fourth-order valence-corrected chi connectivity index (χ4v) is 3.01. The Morgan fingerprint density at radius 1 is 1.11 bits per heavy atom. The van der Waals surface area contributed by atoms with Gasteiger partial charge in [0.1, 0.15) is 0 Å². The summed E-state index contributed by atoms with van der Waals surface area (Å²) in [6.07, 6.45) is 1.37. The molecule has 0 radical (unpaired) electrons. The van der Waals surface area contributed by atoms with Crippen LogP contribution in [0, 0.1) is 0 Å². The monoisotopic (exact) mass is 328 g/mol. The summed E-state index contributed by atoms with van der Waals surface area (Å²) in [6.45, 7) is 0. The molecule has 0 aliphatic rings. The van der Waals surface area contributed by atoms with Crippen molar-refractivity contribution in [2.24, 2.45) is 0 Å². The molecule has 94 valence electrons. The molecule has 2 rings (SSSR count). The number of para-hydroxylation sites is 1. The Labute approximate surface area is 112 Å². The molecule has 0 aliphatic carbocycles. The number of hydrogen-bond donors (Lipinski definition) is 2. The molecule has 2 aromatic rings. The number of nitrogens with one attached hydrogen (secondary N) is 2. The number of sulfonamides is 1. The molecule has 0 bridgehead atoms. The van der Waals surface area contributed by atoms with E-state index in [0.29, 0.717) is 10.2 Å². The summed E-state index contributed by atoms with van der Waals surface area (Å²) in [5, 5.41) is 0. The quantitative estimate of drug-likeness (QED) is 0.903. The fraction of sp³-hybridized carbons (Fsp3) is 0. The van der Waals surface area contributed by atoms with E-state index in [-0.39, 0.29) is 4.90 Å². The molecule has 1 heterocycles. The predicted molar refractivity (Wildman–Crippen MR) is 72.0 cm³/mol. The minimum Gasteiger partial charge on any atom is -0.328 e. The molecule has 0 spiro atoms. The fourth-order valence-electron chi connectivity index (χ4n) is 1.36. The van der Waals surface area contributed by atoms with E-state index >= 15 is 0 Å². The third kappa shape index (κ3) is 2.62. The van der Waals surface area contributed by atoms with Gasteiger partial charge in [-0.25, -0.2) is 8.42 Å². The maximum absolute atomic E-state index is 12.0. The molecule has 5 nitrogen and oxygen atoms in total. The van der Waals surface area contributed by atoms with E-state index in [1.54, 1.807) is 24.3 Å². The van der Waals surface area contributed by atoms with Crippen molar-refractivity contribution in [2.75, 3.05) is 4.72 Å². The first kappa shape index (κ1) is 12.8. The van der Waals surface area contributed by atoms with E-state index < -0.39 is 15.6 Å². The minimum absolute atomic E-state index is 0.319. The molecule has 0 fully saturated rings. The van der Waals surface area contributed by atoms with Crippen LogP contribution in [0.25, 0.3) is 0 Å². The summed E-state index contributed by atoms with van der Waals surface area (Å²) >= 11 is 3.23. The zero-order valence-electron chi connectivity index (χ0n) is 9.05. The lowest BCUT2D eigenvalue weighted by Gasteiger charge is -2.08. The van der Waals surface area contributed by atoms with Crippen LogP contribution in [0.3, 0.4) is 0 Å². The molecule has 0 amide bonds. The molecule has 0 aliphatic heterocycles. The van der Waals surface area contributed by atoms with E-state index in [1.807, 2.05) is 0 Å². The third-order valence-electron chi connectivity index (χ3n) is 2.19. The topological polar surface area (TPSA) is 79.0 Å². The second kappa shape index (κ2) is 4.95. The lowest BCUT2D eigenvalue weighted by molar-refractivity contribution is 0.600. The molecule has 0 saturated carbocycles. The van der Waals surface area contributed by atoms with E-state index in [1.165, 1.54) is 18.3 Å². The highest BCUT2D eigenvalue weighted by Gasteiger charge is 2.18. The Kier molecular flexibility index (Phi) is 3.53. The third-order valence-corrected chi connectivity index (χ3v) is 4.27. The van der Waals surface area contributed by atoms with Gasteiger partial charge in [0, 0.05) is 10.7 Å². The molecule has 7 heteroatoms. The Morgan fingerprint density at radius 3 is 2.50 bits per heavy atom. The Bertz CT molecular complexity index is 725. The number of aromatic amines is 1. The SMILES string of the molecule is O=c1[nH]cccc1S(=O)(=O)Nc1ccccc1Br. The average Bonchev–Trinajstić information content (AvgIpc) is 2.32. The first-order chi connectivity index (χ1) is 8.50. The highest BCUT2D eigenvalue weighted by molar-refractivity contribution is 9.10. The average molecular weight is 329 g/mol. The standard InChI is InChI=1S/C11H9BrN2O3S/c12-8-4-1-2-5-9(8)14-18(16,17)10-6-3-7-13-11(10)15/h1-7,14H,(H,13,15). The molecule has 18 heavy (non-hydrogen) atoms. The van der Waals surface area contributed by atoms with Crippen molar-refractivity contribution in [3.8, 4) is 0 Å². The summed E-state index contributed by atoms with van der Waals surface area (Å²) in [5.74, 6) is 0. The van der Waals surface area contributed by atoms with Gasteiger partial charge in [-0.05, 0) is 40.2 Å². The molecular formula is C11H9BrN2O3S. The maximum atomic E-state index is 12.0. The Hall–Kier alpha value is -1.60. The van der Waals surface area contributed by atoms with E-state index in [9.17, 15) is 13.2 Å². The molecule has 0 unspecified atom stereocenters. The number of aromatic nitrogens is 1. The van der Waals surface area contributed by atoms with Gasteiger partial charge in [-0.15, -0.1) is 0 Å². The van der Waals surface area contributed by atoms with Crippen molar-refractivity contribution in [3.63, 3.8) is 0 Å². The van der Waals surface area contributed by atoms with Crippen molar-refractivity contribution >= 4 is 31.6 Å². The van der Waals surface area contributed by atoms with Gasteiger partial charge in [-0.3, -0.25) is 9.52 Å². The van der Waals surface area contributed by atoms with Gasteiger partial charge in [0.2, 0.25) is 0 Å². The first-order valence-corrected chi connectivity index (χ1v) is 7.23. The van der Waals surface area contributed by atoms with Crippen LogP contribution in [0.4, 0.5) is 5.69 Å². The molecular weight excluding hydrogens is 320 g/mol. The highest BCUT2D eigenvalue weighted by Crippen LogP contribution is 2.23. The van der Waals surface area contributed by atoms with Crippen LogP contribution in [0.2, 0.25) is 0 Å². The first-order valence-electron chi connectivity index (χ1n) is 4.96. The summed E-state index contributed by atoms with van der Waals surface area (Å²) in [5.41, 5.74) is -0.280. The second-order valence-corrected chi connectivity index (χ2v) is 5.95. The second-order valence-electron chi connectivity index (χ2n) is 3.45. The van der Waals surface area contributed by atoms with Crippen LogP contribution in [-0.2, 0) is 10.0 Å². The molecule has 1 aromatic heterocycles. The van der Waals surface area contributed by atoms with Gasteiger partial charge in [0.25, 0.3) is 15.6 Å². The van der Waals surface area contributed by atoms with Gasteiger partial charge < -0.3 is 4.98 Å². The number of H-pyrrole nitrogens is 1. The van der Waals surface area contributed by atoms with Gasteiger partial charge in [0.15, 0.2) is 4.90 Å². The van der Waals surface area contributed by atoms with Crippen LogP contribution in [0.1, 0.15) is 0 Å². The number of rotatable bonds is 3. The molecule has 0 atom stereocenters. The van der Waals surface area contributed by atoms with E-state index in [4.69, 9.17) is 0 Å². The van der Waals surface area contributed by atoms with Gasteiger partial charge in [-0.2, -0.15) is 0 Å². The van der Waals surface area contributed by atoms with E-state index in [0.717, 1.165) is 0 Å². The van der Waals surface area contributed by atoms with Gasteiger partial charge >= 0.3 is 0 Å². The van der Waals surface area contributed by atoms with Crippen LogP contribution >= 0.6 is 15.9 Å². The molecule has 2 N–H and O–H groups in total. The summed E-state index contributed by atoms with van der Waals surface area (Å²) in [4.78, 5) is 13.5. The van der Waals surface area contributed by atoms with Crippen molar-refractivity contribution in [1.82, 2.24) is 4.98 Å². The van der Waals surface area contributed by atoms with Gasteiger partial charge in [-0.1, -0.05) is 12.1 Å². The zero-order valence-corrected chi connectivity index (χ0v) is 11.5. The maximum Gasteiger partial charge on any atom is 0.268 e. The number of benzene rings is 1. The van der Waals surface area contributed by atoms with Crippen molar-refractivity contribution in [2.45, 2.75) is 4.90 Å². The number of pyridine rings is 1. The van der Waals surface area contributed by atoms with Crippen LogP contribution in [-0.4, -0.2) is 13.4 Å². The normalized spacial score (nSPS) is 11.2. The largest absolute Gasteiger partial charge is 0.328 e. The summed E-state index contributed by atoms with van der Waals surface area (Å²) < 4.78 is 27.0. The smallest absolute Gasteiger partial charge is 0.268 e. The number of hydrogen-bond acceptors (Lipinski definition) is 3. The van der Waals surface area contributed by atoms with E-state index in [2.05, 4.69) is 25.6 Å². The van der Waals surface area contributed by atoms with Crippen LogP contribution in [0.5, 0.6) is 0 Å². The molecule has 0 saturated heterocycles. The summed E-state index contributed by atoms with van der Waals surface area (Å²) in [7, 11) is -3.89. The van der Waals surface area contributed by atoms with Crippen molar-refractivity contribution < 1.29 is 8.42 Å². The predicted octanol–water partition coefficient (Wildman–Crippen LogP) is 1.94. The lowest BCUT2D eigenvalue weighted by atomic mass is 10.3. The minimum atomic E-state index is -3.89. The van der Waals surface area contributed by atoms with Crippen molar-refractivity contribution in [1.29, 1.82) is 0 Å². The van der Waals surface area contributed by atoms with Crippen molar-refractivity contribution in [3.05, 3.63) is 57.4 Å². The highest BCUT2D eigenvalue weighted by atomic mass is 79.9. The Balaban J connectivity index is 2.43. The van der Waals surface area contributed by atoms with Crippen LogP contribution in [0.15, 0.2) is 56.8 Å². The summed E-state index contributed by atoms with van der Waals surface area (Å²) in [6, 6.07) is 9.45. The van der Waals surface area contributed by atoms with Gasteiger partial charge in [0.05, 0.1) is 5.69 Å². The lowest BCUT2D eigenvalue weighted by Crippen LogP contribution is -2.22. The Morgan fingerprint density at radius 2 is 1.83 bits per heavy atom. The molecule has 1 aromatic carbocycles. The van der Waals surface area contributed by atoms with Crippen LogP contribution < -0.4 is 10.3 Å². The number of halogens is 1.